The molecule has 0 radical (unpaired) electrons. The second-order valence-corrected chi connectivity index (χ2v) is 3.02. The maximum absolute atomic E-state index is 11.2. The standard InChI is InChI=1S/C9H11NO2/c1-7-8-3-2-6-12-9(8)4-5-10(7)11/h4-5H,2-3,6H2,1H3. The first-order valence-corrected chi connectivity index (χ1v) is 4.13. The molecule has 0 bridgehead atoms. The lowest BCUT2D eigenvalue weighted by Gasteiger charge is -2.17. The van der Waals surface area contributed by atoms with Crippen LogP contribution in [0, 0.1) is 12.1 Å². The van der Waals surface area contributed by atoms with Gasteiger partial charge in [0, 0.05) is 13.0 Å². The zero-order valence-corrected chi connectivity index (χ0v) is 7.04. The van der Waals surface area contributed by atoms with E-state index in [1.54, 1.807) is 6.07 Å². The normalized spacial score (nSPS) is 15.1. The molecule has 0 unspecified atom stereocenters. The van der Waals surface area contributed by atoms with Gasteiger partial charge in [-0.3, -0.25) is 0 Å². The first kappa shape index (κ1) is 7.40. The highest BCUT2D eigenvalue weighted by atomic mass is 16.5. The van der Waals surface area contributed by atoms with Gasteiger partial charge in [-0.2, -0.15) is 4.73 Å². The lowest BCUT2D eigenvalue weighted by Crippen LogP contribution is -2.31. The van der Waals surface area contributed by atoms with Crippen molar-refractivity contribution in [2.24, 2.45) is 0 Å². The molecule has 1 aromatic rings. The summed E-state index contributed by atoms with van der Waals surface area (Å²) in [7, 11) is 0. The summed E-state index contributed by atoms with van der Waals surface area (Å²) < 4.78 is 6.30. The van der Waals surface area contributed by atoms with E-state index in [1.165, 1.54) is 6.20 Å². The van der Waals surface area contributed by atoms with Crippen LogP contribution in [-0.2, 0) is 6.42 Å². The highest BCUT2D eigenvalue weighted by molar-refractivity contribution is 5.34. The van der Waals surface area contributed by atoms with Crippen molar-refractivity contribution >= 4 is 0 Å². The number of nitrogens with zero attached hydrogens (tertiary/aromatic N) is 1. The summed E-state index contributed by atoms with van der Waals surface area (Å²) in [6, 6.07) is 1.74. The molecule has 0 N–H and O–H groups in total. The van der Waals surface area contributed by atoms with Gasteiger partial charge in [0.15, 0.2) is 11.9 Å². The van der Waals surface area contributed by atoms with Crippen LogP contribution in [0.5, 0.6) is 5.75 Å². The first-order valence-electron chi connectivity index (χ1n) is 4.13. The average molecular weight is 165 g/mol. The maximum atomic E-state index is 11.2. The highest BCUT2D eigenvalue weighted by Crippen LogP contribution is 2.24. The third-order valence-electron chi connectivity index (χ3n) is 2.25. The molecular weight excluding hydrogens is 154 g/mol. The van der Waals surface area contributed by atoms with E-state index < -0.39 is 0 Å². The maximum Gasteiger partial charge on any atom is 0.196 e. The van der Waals surface area contributed by atoms with Gasteiger partial charge in [0.1, 0.15) is 5.75 Å². The fourth-order valence-corrected chi connectivity index (χ4v) is 1.53. The van der Waals surface area contributed by atoms with Crippen molar-refractivity contribution in [1.82, 2.24) is 0 Å². The van der Waals surface area contributed by atoms with Crippen molar-refractivity contribution in [3.8, 4) is 5.75 Å². The van der Waals surface area contributed by atoms with E-state index in [-0.39, 0.29) is 0 Å². The van der Waals surface area contributed by atoms with Crippen LogP contribution in [0.15, 0.2) is 12.3 Å². The molecule has 0 spiro atoms. The smallest absolute Gasteiger partial charge is 0.196 e. The molecule has 0 aromatic carbocycles. The second-order valence-electron chi connectivity index (χ2n) is 3.02. The van der Waals surface area contributed by atoms with Gasteiger partial charge in [-0.25, -0.2) is 0 Å². The summed E-state index contributed by atoms with van der Waals surface area (Å²) in [5, 5.41) is 11.2. The van der Waals surface area contributed by atoms with E-state index >= 15 is 0 Å². The Bertz CT molecular complexity index is 310. The number of aromatic nitrogens is 1. The second kappa shape index (κ2) is 2.66. The first-order chi connectivity index (χ1) is 5.79. The fourth-order valence-electron chi connectivity index (χ4n) is 1.53. The summed E-state index contributed by atoms with van der Waals surface area (Å²) in [6.45, 7) is 2.61. The van der Waals surface area contributed by atoms with Gasteiger partial charge in [0.2, 0.25) is 0 Å². The molecule has 64 valence electrons. The van der Waals surface area contributed by atoms with Crippen molar-refractivity contribution < 1.29 is 9.47 Å². The Balaban J connectivity index is 2.54. The van der Waals surface area contributed by atoms with Crippen LogP contribution in [0.4, 0.5) is 0 Å². The predicted octanol–water partition coefficient (Wildman–Crippen LogP) is 0.953. The predicted molar refractivity (Wildman–Crippen MR) is 44.0 cm³/mol. The molecule has 3 nitrogen and oxygen atoms in total. The van der Waals surface area contributed by atoms with Crippen LogP contribution >= 0.6 is 0 Å². The van der Waals surface area contributed by atoms with Crippen LogP contribution in [0.2, 0.25) is 0 Å². The molecule has 2 heterocycles. The van der Waals surface area contributed by atoms with Crippen LogP contribution in [0.3, 0.4) is 0 Å². The number of fused-ring (bicyclic) bond motifs is 1. The van der Waals surface area contributed by atoms with Gasteiger partial charge in [-0.05, 0) is 12.8 Å². The molecule has 0 atom stereocenters. The van der Waals surface area contributed by atoms with E-state index in [4.69, 9.17) is 4.74 Å². The van der Waals surface area contributed by atoms with E-state index in [0.717, 1.165) is 41.2 Å². The van der Waals surface area contributed by atoms with Crippen LogP contribution in [0.25, 0.3) is 0 Å². The minimum Gasteiger partial charge on any atom is -0.618 e. The summed E-state index contributed by atoms with van der Waals surface area (Å²) in [5.41, 5.74) is 1.84. The lowest BCUT2D eigenvalue weighted by molar-refractivity contribution is -0.612. The largest absolute Gasteiger partial charge is 0.618 e. The Labute approximate surface area is 71.2 Å². The minimum absolute atomic E-state index is 0.771. The molecule has 3 heteroatoms. The van der Waals surface area contributed by atoms with Gasteiger partial charge in [0.25, 0.3) is 0 Å². The van der Waals surface area contributed by atoms with Crippen LogP contribution in [0.1, 0.15) is 17.7 Å². The molecule has 1 aromatic heterocycles. The van der Waals surface area contributed by atoms with Gasteiger partial charge < -0.3 is 9.94 Å². The monoisotopic (exact) mass is 165 g/mol. The molecule has 0 aliphatic carbocycles. The average Bonchev–Trinajstić information content (AvgIpc) is 2.12. The highest BCUT2D eigenvalue weighted by Gasteiger charge is 2.17. The van der Waals surface area contributed by atoms with Crippen LogP contribution < -0.4 is 9.47 Å². The summed E-state index contributed by atoms with van der Waals surface area (Å²) in [4.78, 5) is 0. The molecule has 1 aliphatic rings. The van der Waals surface area contributed by atoms with Gasteiger partial charge in [-0.1, -0.05) is 0 Å². The fraction of sp³-hybridized carbons (Fsp3) is 0.444. The third-order valence-corrected chi connectivity index (χ3v) is 2.25. The third kappa shape index (κ3) is 1.02. The van der Waals surface area contributed by atoms with Gasteiger partial charge in [0.05, 0.1) is 12.2 Å². The summed E-state index contributed by atoms with van der Waals surface area (Å²) in [6.07, 6.45) is 3.47. The molecule has 0 fully saturated rings. The van der Waals surface area contributed by atoms with Crippen molar-refractivity contribution in [3.63, 3.8) is 0 Å². The molecule has 0 amide bonds. The zero-order valence-electron chi connectivity index (χ0n) is 7.04. The minimum atomic E-state index is 0.771. The van der Waals surface area contributed by atoms with Crippen molar-refractivity contribution in [2.45, 2.75) is 19.8 Å². The number of pyridine rings is 1. The molecular formula is C9H11NO2. The van der Waals surface area contributed by atoms with Crippen LogP contribution in [-0.4, -0.2) is 6.61 Å². The van der Waals surface area contributed by atoms with Crippen molar-refractivity contribution in [3.05, 3.63) is 28.7 Å². The quantitative estimate of drug-likeness (QED) is 0.424. The van der Waals surface area contributed by atoms with Crippen molar-refractivity contribution in [2.75, 3.05) is 6.61 Å². The number of rotatable bonds is 0. The molecule has 12 heavy (non-hydrogen) atoms. The van der Waals surface area contributed by atoms with Gasteiger partial charge >= 0.3 is 0 Å². The Morgan fingerprint density at radius 2 is 2.42 bits per heavy atom. The van der Waals surface area contributed by atoms with E-state index in [1.807, 2.05) is 6.92 Å². The molecule has 0 saturated carbocycles. The van der Waals surface area contributed by atoms with E-state index in [0.29, 0.717) is 0 Å². The Morgan fingerprint density at radius 1 is 1.58 bits per heavy atom. The zero-order chi connectivity index (χ0) is 8.55. The summed E-state index contributed by atoms with van der Waals surface area (Å²) in [5.74, 6) is 0.880. The van der Waals surface area contributed by atoms with E-state index in [2.05, 4.69) is 0 Å². The summed E-state index contributed by atoms with van der Waals surface area (Å²) >= 11 is 0. The van der Waals surface area contributed by atoms with Crippen molar-refractivity contribution in [1.29, 1.82) is 0 Å². The molecule has 0 saturated heterocycles. The number of ether oxygens (including phenoxy) is 1. The molecule has 1 aliphatic heterocycles. The Kier molecular flexibility index (Phi) is 1.64. The SMILES string of the molecule is Cc1c2c(cc[n+]1[O-])OCCC2. The Hall–Kier alpha value is -1.25. The number of hydrogen-bond acceptors (Lipinski definition) is 2. The van der Waals surface area contributed by atoms with Gasteiger partial charge in [-0.15, -0.1) is 0 Å². The Morgan fingerprint density at radius 3 is 3.25 bits per heavy atom. The number of hydrogen-bond donors (Lipinski definition) is 0. The van der Waals surface area contributed by atoms with E-state index in [9.17, 15) is 5.21 Å². The topological polar surface area (TPSA) is 36.2 Å². The lowest BCUT2D eigenvalue weighted by atomic mass is 10.1. The molecule has 2 rings (SSSR count).